The molecule has 0 aliphatic heterocycles. The molecule has 0 saturated heterocycles. The Balaban J connectivity index is 2.13. The van der Waals surface area contributed by atoms with Crippen molar-refractivity contribution < 1.29 is 4.79 Å². The monoisotopic (exact) mass is 269 g/mol. The van der Waals surface area contributed by atoms with E-state index in [2.05, 4.69) is 10.3 Å². The molecule has 0 radical (unpaired) electrons. The first-order chi connectivity index (χ1) is 9.22. The van der Waals surface area contributed by atoms with Crippen molar-refractivity contribution in [3.8, 4) is 6.07 Å². The number of carbonyl (C=O) groups is 1. The van der Waals surface area contributed by atoms with Gasteiger partial charge in [0.2, 0.25) is 0 Å². The van der Waals surface area contributed by atoms with Gasteiger partial charge < -0.3 is 5.32 Å². The van der Waals surface area contributed by atoms with Crippen LogP contribution in [0.3, 0.4) is 0 Å². The van der Waals surface area contributed by atoms with E-state index < -0.39 is 0 Å². The van der Waals surface area contributed by atoms with Crippen LogP contribution in [0, 0.1) is 11.3 Å². The second-order valence-electron chi connectivity index (χ2n) is 3.70. The average molecular weight is 269 g/mol. The van der Waals surface area contributed by atoms with Gasteiger partial charge in [-0.05, 0) is 42.7 Å². The third-order valence-electron chi connectivity index (χ3n) is 2.44. The van der Waals surface area contributed by atoms with Gasteiger partial charge in [0.15, 0.2) is 0 Å². The first kappa shape index (κ1) is 13.1. The maximum Gasteiger partial charge on any atom is 0.274 e. The number of anilines is 1. The highest BCUT2D eigenvalue weighted by Crippen LogP contribution is 2.17. The standard InChI is InChI=1S/C14H11N3OS/c1-19-12-7-5-10(6-8-12)17-14(18)13-4-2-3-11(9-15)16-13/h2-8H,1H3,(H,17,18). The highest BCUT2D eigenvalue weighted by atomic mass is 32.2. The molecule has 0 atom stereocenters. The molecule has 1 aromatic heterocycles. The number of rotatable bonds is 3. The summed E-state index contributed by atoms with van der Waals surface area (Å²) in [6.07, 6.45) is 1.99. The van der Waals surface area contributed by atoms with E-state index in [1.54, 1.807) is 30.0 Å². The van der Waals surface area contributed by atoms with Crippen LogP contribution < -0.4 is 5.32 Å². The predicted molar refractivity (Wildman–Crippen MR) is 75.1 cm³/mol. The van der Waals surface area contributed by atoms with Crippen molar-refractivity contribution in [1.82, 2.24) is 4.98 Å². The first-order valence-corrected chi connectivity index (χ1v) is 6.78. The molecule has 1 heterocycles. The van der Waals surface area contributed by atoms with E-state index in [1.807, 2.05) is 36.6 Å². The lowest BCUT2D eigenvalue weighted by atomic mass is 10.2. The Kier molecular flexibility index (Phi) is 4.16. The van der Waals surface area contributed by atoms with E-state index in [-0.39, 0.29) is 17.3 Å². The van der Waals surface area contributed by atoms with E-state index in [1.165, 1.54) is 0 Å². The van der Waals surface area contributed by atoms with Crippen molar-refractivity contribution in [3.63, 3.8) is 0 Å². The summed E-state index contributed by atoms with van der Waals surface area (Å²) in [4.78, 5) is 17.0. The van der Waals surface area contributed by atoms with Gasteiger partial charge in [-0.1, -0.05) is 6.07 Å². The molecule has 94 valence electrons. The van der Waals surface area contributed by atoms with Crippen LogP contribution in [0.15, 0.2) is 47.4 Å². The van der Waals surface area contributed by atoms with Crippen LogP contribution >= 0.6 is 11.8 Å². The van der Waals surface area contributed by atoms with Crippen LogP contribution in [-0.4, -0.2) is 17.1 Å². The summed E-state index contributed by atoms with van der Waals surface area (Å²) in [6.45, 7) is 0. The van der Waals surface area contributed by atoms with Crippen molar-refractivity contribution in [1.29, 1.82) is 5.26 Å². The Morgan fingerprint density at radius 3 is 2.63 bits per heavy atom. The van der Waals surface area contributed by atoms with Crippen molar-refractivity contribution in [3.05, 3.63) is 53.9 Å². The van der Waals surface area contributed by atoms with E-state index in [0.717, 1.165) is 4.90 Å². The fourth-order valence-electron chi connectivity index (χ4n) is 1.49. The highest BCUT2D eigenvalue weighted by Gasteiger charge is 2.08. The number of nitrogens with zero attached hydrogens (tertiary/aromatic N) is 2. The third-order valence-corrected chi connectivity index (χ3v) is 3.19. The molecule has 0 unspecified atom stereocenters. The maximum absolute atomic E-state index is 11.9. The molecule has 0 bridgehead atoms. The minimum absolute atomic E-state index is 0.227. The Morgan fingerprint density at radius 2 is 2.00 bits per heavy atom. The number of hydrogen-bond donors (Lipinski definition) is 1. The quantitative estimate of drug-likeness (QED) is 0.870. The van der Waals surface area contributed by atoms with Crippen LogP contribution in [0.4, 0.5) is 5.69 Å². The van der Waals surface area contributed by atoms with Crippen molar-refractivity contribution in [2.24, 2.45) is 0 Å². The molecule has 0 aliphatic carbocycles. The number of benzene rings is 1. The maximum atomic E-state index is 11.9. The third kappa shape index (κ3) is 3.33. The van der Waals surface area contributed by atoms with E-state index in [0.29, 0.717) is 5.69 Å². The number of nitrogens with one attached hydrogen (secondary N) is 1. The topological polar surface area (TPSA) is 65.8 Å². The molecule has 19 heavy (non-hydrogen) atoms. The van der Waals surface area contributed by atoms with Crippen LogP contribution in [0.1, 0.15) is 16.2 Å². The lowest BCUT2D eigenvalue weighted by Gasteiger charge is -2.05. The lowest BCUT2D eigenvalue weighted by Crippen LogP contribution is -2.13. The van der Waals surface area contributed by atoms with Crippen molar-refractivity contribution >= 4 is 23.4 Å². The second-order valence-corrected chi connectivity index (χ2v) is 4.58. The number of thioether (sulfide) groups is 1. The molecule has 1 aromatic carbocycles. The molecular formula is C14H11N3OS. The average Bonchev–Trinajstić information content (AvgIpc) is 2.48. The van der Waals surface area contributed by atoms with Crippen LogP contribution in [0.2, 0.25) is 0 Å². The normalized spacial score (nSPS) is 9.68. The van der Waals surface area contributed by atoms with Gasteiger partial charge in [-0.15, -0.1) is 11.8 Å². The molecule has 1 N–H and O–H groups in total. The Labute approximate surface area is 115 Å². The molecule has 5 heteroatoms. The van der Waals surface area contributed by atoms with E-state index >= 15 is 0 Å². The Morgan fingerprint density at radius 1 is 1.26 bits per heavy atom. The molecule has 0 saturated carbocycles. The minimum atomic E-state index is -0.325. The minimum Gasteiger partial charge on any atom is -0.321 e. The smallest absolute Gasteiger partial charge is 0.274 e. The molecule has 1 amide bonds. The van der Waals surface area contributed by atoms with Crippen LogP contribution in [0.5, 0.6) is 0 Å². The summed E-state index contributed by atoms with van der Waals surface area (Å²) in [7, 11) is 0. The fourth-order valence-corrected chi connectivity index (χ4v) is 1.90. The Bertz CT molecular complexity index is 632. The molecule has 2 rings (SSSR count). The zero-order chi connectivity index (χ0) is 13.7. The van der Waals surface area contributed by atoms with Crippen LogP contribution in [0.25, 0.3) is 0 Å². The summed E-state index contributed by atoms with van der Waals surface area (Å²) in [5.74, 6) is -0.325. The largest absolute Gasteiger partial charge is 0.321 e. The summed E-state index contributed by atoms with van der Waals surface area (Å²) in [5.41, 5.74) is 1.16. The fraction of sp³-hybridized carbons (Fsp3) is 0.0714. The number of nitriles is 1. The Hall–Kier alpha value is -2.32. The molecule has 4 nitrogen and oxygen atoms in total. The number of carbonyl (C=O) groups excluding carboxylic acids is 1. The van der Waals surface area contributed by atoms with Gasteiger partial charge in [-0.2, -0.15) is 5.26 Å². The lowest BCUT2D eigenvalue weighted by molar-refractivity contribution is 0.102. The van der Waals surface area contributed by atoms with Gasteiger partial charge in [0.1, 0.15) is 17.5 Å². The molecule has 0 spiro atoms. The van der Waals surface area contributed by atoms with Gasteiger partial charge in [0, 0.05) is 10.6 Å². The van der Waals surface area contributed by atoms with Gasteiger partial charge in [-0.25, -0.2) is 4.98 Å². The number of hydrogen-bond acceptors (Lipinski definition) is 4. The molecule has 0 fully saturated rings. The summed E-state index contributed by atoms with van der Waals surface area (Å²) in [6, 6.07) is 14.2. The van der Waals surface area contributed by atoms with Crippen LogP contribution in [-0.2, 0) is 0 Å². The van der Waals surface area contributed by atoms with E-state index in [9.17, 15) is 4.79 Å². The zero-order valence-corrected chi connectivity index (χ0v) is 11.1. The molecule has 0 aliphatic rings. The van der Waals surface area contributed by atoms with E-state index in [4.69, 9.17) is 5.26 Å². The highest BCUT2D eigenvalue weighted by molar-refractivity contribution is 7.98. The predicted octanol–water partition coefficient (Wildman–Crippen LogP) is 2.93. The summed E-state index contributed by atoms with van der Waals surface area (Å²) < 4.78 is 0. The van der Waals surface area contributed by atoms with Gasteiger partial charge in [0.05, 0.1) is 0 Å². The van der Waals surface area contributed by atoms with Gasteiger partial charge in [-0.3, -0.25) is 4.79 Å². The number of amides is 1. The molecular weight excluding hydrogens is 258 g/mol. The summed E-state index contributed by atoms with van der Waals surface area (Å²) >= 11 is 1.64. The number of pyridine rings is 1. The van der Waals surface area contributed by atoms with Gasteiger partial charge >= 0.3 is 0 Å². The van der Waals surface area contributed by atoms with Crippen molar-refractivity contribution in [2.45, 2.75) is 4.90 Å². The summed E-state index contributed by atoms with van der Waals surface area (Å²) in [5, 5.41) is 11.5. The first-order valence-electron chi connectivity index (χ1n) is 5.55. The zero-order valence-electron chi connectivity index (χ0n) is 10.3. The number of aromatic nitrogens is 1. The van der Waals surface area contributed by atoms with Crippen molar-refractivity contribution in [2.75, 3.05) is 11.6 Å². The molecule has 2 aromatic rings. The SMILES string of the molecule is CSc1ccc(NC(=O)c2cccc(C#N)n2)cc1. The second kappa shape index (κ2) is 6.03. The van der Waals surface area contributed by atoms with Gasteiger partial charge in [0.25, 0.3) is 5.91 Å².